The van der Waals surface area contributed by atoms with Gasteiger partial charge in [0.05, 0.1) is 17.3 Å². The predicted molar refractivity (Wildman–Crippen MR) is 72.7 cm³/mol. The monoisotopic (exact) mass is 257 g/mol. The van der Waals surface area contributed by atoms with Gasteiger partial charge in [-0.1, -0.05) is 6.07 Å². The van der Waals surface area contributed by atoms with Gasteiger partial charge in [-0.2, -0.15) is 0 Å². The molecule has 0 aliphatic rings. The highest BCUT2D eigenvalue weighted by Gasteiger charge is 2.13. The third-order valence-corrected chi connectivity index (χ3v) is 3.27. The predicted octanol–water partition coefficient (Wildman–Crippen LogP) is 3.44. The van der Waals surface area contributed by atoms with E-state index in [1.54, 1.807) is 12.4 Å². The number of alkyl halides is 1. The average molecular weight is 258 g/mol. The molecule has 0 aromatic carbocycles. The summed E-state index contributed by atoms with van der Waals surface area (Å²) < 4.78 is 2.10. The second-order valence-electron chi connectivity index (χ2n) is 4.14. The molecular weight excluding hydrogens is 246 g/mol. The molecule has 4 heteroatoms. The molecule has 0 N–H and O–H groups in total. The number of hydrogen-bond acceptors (Lipinski definition) is 2. The largest absolute Gasteiger partial charge is 0.299 e. The van der Waals surface area contributed by atoms with Crippen molar-refractivity contribution in [1.29, 1.82) is 0 Å². The first kappa shape index (κ1) is 11.2. The Morgan fingerprint density at radius 3 is 2.67 bits per heavy atom. The maximum Gasteiger partial charge on any atom is 0.137 e. The van der Waals surface area contributed by atoms with Crippen LogP contribution < -0.4 is 0 Å². The van der Waals surface area contributed by atoms with Crippen molar-refractivity contribution in [1.82, 2.24) is 14.4 Å². The highest BCUT2D eigenvalue weighted by atomic mass is 35.5. The van der Waals surface area contributed by atoms with Crippen LogP contribution in [0.15, 0.2) is 42.7 Å². The van der Waals surface area contributed by atoms with Crippen molar-refractivity contribution in [3.8, 4) is 11.3 Å². The summed E-state index contributed by atoms with van der Waals surface area (Å²) in [7, 11) is 0. The lowest BCUT2D eigenvalue weighted by Crippen LogP contribution is -1.95. The highest BCUT2D eigenvalue weighted by molar-refractivity contribution is 6.17. The zero-order valence-electron chi connectivity index (χ0n) is 9.97. The van der Waals surface area contributed by atoms with Crippen molar-refractivity contribution in [3.05, 3.63) is 54.1 Å². The Balaban J connectivity index is 2.34. The number of pyridine rings is 2. The number of rotatable bonds is 2. The molecule has 0 spiro atoms. The van der Waals surface area contributed by atoms with Crippen molar-refractivity contribution < 1.29 is 0 Å². The first-order valence-corrected chi connectivity index (χ1v) is 6.28. The Bertz CT molecular complexity index is 689. The van der Waals surface area contributed by atoms with Crippen molar-refractivity contribution in [2.45, 2.75) is 12.8 Å². The summed E-state index contributed by atoms with van der Waals surface area (Å²) in [4.78, 5) is 8.70. The van der Waals surface area contributed by atoms with E-state index in [9.17, 15) is 0 Å². The number of nitrogens with zero attached hydrogens (tertiary/aromatic N) is 3. The summed E-state index contributed by atoms with van der Waals surface area (Å²) in [5.74, 6) is 0.434. The Hall–Kier alpha value is -1.87. The van der Waals surface area contributed by atoms with E-state index in [-0.39, 0.29) is 0 Å². The molecule has 3 nitrogen and oxygen atoms in total. The lowest BCUT2D eigenvalue weighted by Gasteiger charge is -2.03. The third kappa shape index (κ3) is 1.68. The Labute approximate surface area is 110 Å². The van der Waals surface area contributed by atoms with Gasteiger partial charge < -0.3 is 0 Å². The minimum atomic E-state index is 0.434. The summed E-state index contributed by atoms with van der Waals surface area (Å²) in [5.41, 5.74) is 5.06. The summed E-state index contributed by atoms with van der Waals surface area (Å²) in [6.45, 7) is 2.06. The highest BCUT2D eigenvalue weighted by Crippen LogP contribution is 2.26. The zero-order chi connectivity index (χ0) is 12.5. The van der Waals surface area contributed by atoms with E-state index in [0.29, 0.717) is 5.88 Å². The second kappa shape index (κ2) is 4.42. The molecule has 3 heterocycles. The number of halogens is 1. The SMILES string of the molecule is Cc1cccc2nc(-c3ccncc3)c(CCl)n12. The fourth-order valence-corrected chi connectivity index (χ4v) is 2.44. The maximum absolute atomic E-state index is 6.10. The van der Waals surface area contributed by atoms with Crippen LogP contribution in [-0.2, 0) is 5.88 Å². The molecule has 3 aromatic rings. The first-order chi connectivity index (χ1) is 8.81. The molecule has 0 fully saturated rings. The van der Waals surface area contributed by atoms with E-state index in [4.69, 9.17) is 11.6 Å². The standard InChI is InChI=1S/C14H12ClN3/c1-10-3-2-4-13-17-14(12(9-15)18(10)13)11-5-7-16-8-6-11/h2-8H,9H2,1H3. The molecule has 0 saturated heterocycles. The van der Waals surface area contributed by atoms with Gasteiger partial charge in [-0.05, 0) is 31.2 Å². The minimum absolute atomic E-state index is 0.434. The van der Waals surface area contributed by atoms with Gasteiger partial charge in [0.15, 0.2) is 0 Å². The minimum Gasteiger partial charge on any atom is -0.299 e. The number of fused-ring (bicyclic) bond motifs is 1. The molecule has 3 aromatic heterocycles. The van der Waals surface area contributed by atoms with Crippen LogP contribution in [0.5, 0.6) is 0 Å². The Kier molecular flexibility index (Phi) is 2.76. The van der Waals surface area contributed by atoms with Crippen molar-refractivity contribution in [2.75, 3.05) is 0 Å². The molecule has 18 heavy (non-hydrogen) atoms. The van der Waals surface area contributed by atoms with Crippen molar-refractivity contribution >= 4 is 17.2 Å². The van der Waals surface area contributed by atoms with E-state index in [1.807, 2.05) is 24.3 Å². The van der Waals surface area contributed by atoms with Gasteiger partial charge in [-0.25, -0.2) is 4.98 Å². The summed E-state index contributed by atoms with van der Waals surface area (Å²) in [5, 5.41) is 0. The molecule has 0 saturated carbocycles. The van der Waals surface area contributed by atoms with Crippen LogP contribution in [0.25, 0.3) is 16.9 Å². The number of imidazole rings is 1. The molecule has 0 atom stereocenters. The van der Waals surface area contributed by atoms with Crippen LogP contribution in [0.2, 0.25) is 0 Å². The van der Waals surface area contributed by atoms with E-state index < -0.39 is 0 Å². The average Bonchev–Trinajstić information content (AvgIpc) is 2.79. The van der Waals surface area contributed by atoms with E-state index in [1.165, 1.54) is 0 Å². The van der Waals surface area contributed by atoms with Crippen LogP contribution in [0.4, 0.5) is 0 Å². The molecule has 0 amide bonds. The van der Waals surface area contributed by atoms with Crippen LogP contribution in [0.3, 0.4) is 0 Å². The summed E-state index contributed by atoms with van der Waals surface area (Å²) >= 11 is 6.10. The van der Waals surface area contributed by atoms with Gasteiger partial charge in [0.2, 0.25) is 0 Å². The molecule has 0 radical (unpaired) electrons. The fourth-order valence-electron chi connectivity index (χ4n) is 2.19. The number of aromatic nitrogens is 3. The molecular formula is C14H12ClN3. The lowest BCUT2D eigenvalue weighted by atomic mass is 10.2. The normalized spacial score (nSPS) is 11.0. The van der Waals surface area contributed by atoms with Gasteiger partial charge >= 0.3 is 0 Å². The van der Waals surface area contributed by atoms with Crippen molar-refractivity contribution in [3.63, 3.8) is 0 Å². The van der Waals surface area contributed by atoms with Crippen LogP contribution in [0.1, 0.15) is 11.4 Å². The molecule has 0 aliphatic heterocycles. The van der Waals surface area contributed by atoms with Crippen LogP contribution in [0, 0.1) is 6.92 Å². The zero-order valence-corrected chi connectivity index (χ0v) is 10.7. The summed E-state index contributed by atoms with van der Waals surface area (Å²) in [6, 6.07) is 9.96. The first-order valence-electron chi connectivity index (χ1n) is 5.74. The van der Waals surface area contributed by atoms with Crippen LogP contribution >= 0.6 is 11.6 Å². The molecule has 0 unspecified atom stereocenters. The van der Waals surface area contributed by atoms with Gasteiger partial charge in [0.25, 0.3) is 0 Å². The Morgan fingerprint density at radius 1 is 1.17 bits per heavy atom. The third-order valence-electron chi connectivity index (χ3n) is 3.01. The molecule has 3 rings (SSSR count). The summed E-state index contributed by atoms with van der Waals surface area (Å²) in [6.07, 6.45) is 3.54. The van der Waals surface area contributed by atoms with E-state index in [0.717, 1.165) is 28.3 Å². The fraction of sp³-hybridized carbons (Fsp3) is 0.143. The van der Waals surface area contributed by atoms with E-state index in [2.05, 4.69) is 27.4 Å². The van der Waals surface area contributed by atoms with Gasteiger partial charge in [0, 0.05) is 23.7 Å². The topological polar surface area (TPSA) is 30.2 Å². The lowest BCUT2D eigenvalue weighted by molar-refractivity contribution is 1.03. The van der Waals surface area contributed by atoms with Crippen LogP contribution in [-0.4, -0.2) is 14.4 Å². The molecule has 90 valence electrons. The quantitative estimate of drug-likeness (QED) is 0.659. The molecule has 0 bridgehead atoms. The molecule has 0 aliphatic carbocycles. The smallest absolute Gasteiger partial charge is 0.137 e. The van der Waals surface area contributed by atoms with Crippen molar-refractivity contribution in [2.24, 2.45) is 0 Å². The van der Waals surface area contributed by atoms with Gasteiger partial charge in [-0.15, -0.1) is 11.6 Å². The second-order valence-corrected chi connectivity index (χ2v) is 4.40. The van der Waals surface area contributed by atoms with E-state index >= 15 is 0 Å². The maximum atomic E-state index is 6.10. The van der Waals surface area contributed by atoms with Gasteiger partial charge in [-0.3, -0.25) is 9.38 Å². The van der Waals surface area contributed by atoms with Gasteiger partial charge in [0.1, 0.15) is 5.65 Å². The number of aryl methyl sites for hydroxylation is 1. The Morgan fingerprint density at radius 2 is 1.94 bits per heavy atom. The number of hydrogen-bond donors (Lipinski definition) is 0.